The molecule has 1 unspecified atom stereocenters. The fourth-order valence-electron chi connectivity index (χ4n) is 3.95. The Morgan fingerprint density at radius 3 is 2.72 bits per heavy atom. The van der Waals surface area contributed by atoms with Gasteiger partial charge in [-0.25, -0.2) is 9.97 Å². The van der Waals surface area contributed by atoms with Crippen LogP contribution in [0.1, 0.15) is 37.4 Å². The number of oxazole rings is 1. The molecule has 4 heterocycles. The molecule has 0 saturated carbocycles. The molecular weight excluding hydrogens is 318 g/mol. The van der Waals surface area contributed by atoms with Gasteiger partial charge in [0.2, 0.25) is 0 Å². The van der Waals surface area contributed by atoms with Crippen molar-refractivity contribution in [3.05, 3.63) is 11.7 Å². The summed E-state index contributed by atoms with van der Waals surface area (Å²) >= 11 is 0. The summed E-state index contributed by atoms with van der Waals surface area (Å²) in [4.78, 5) is 18.7. The van der Waals surface area contributed by atoms with Gasteiger partial charge >= 0.3 is 0 Å². The van der Waals surface area contributed by atoms with E-state index in [0.29, 0.717) is 17.6 Å². The van der Waals surface area contributed by atoms with Gasteiger partial charge in [-0.2, -0.15) is 4.98 Å². The second-order valence-corrected chi connectivity index (χ2v) is 7.07. The van der Waals surface area contributed by atoms with Crippen molar-refractivity contribution in [3.8, 4) is 0 Å². The maximum absolute atomic E-state index is 5.66. The molecule has 2 aromatic rings. The molecule has 25 heavy (non-hydrogen) atoms. The van der Waals surface area contributed by atoms with Crippen molar-refractivity contribution < 1.29 is 9.15 Å². The minimum Gasteiger partial charge on any atom is -0.422 e. The topological polar surface area (TPSA) is 67.5 Å². The standard InChI is InChI=1S/C18H27N5O2/c1-13-19-17(16-18(20-13)25-14(2)21-16)23-7-4-3-5-15(23)6-8-22-9-11-24-12-10-22/h15H,3-12H2,1-2H3. The Morgan fingerprint density at radius 2 is 1.88 bits per heavy atom. The van der Waals surface area contributed by atoms with Crippen molar-refractivity contribution in [2.75, 3.05) is 44.3 Å². The first-order chi connectivity index (χ1) is 12.2. The second kappa shape index (κ2) is 7.25. The monoisotopic (exact) mass is 345 g/mol. The molecule has 2 fully saturated rings. The first-order valence-corrected chi connectivity index (χ1v) is 9.39. The van der Waals surface area contributed by atoms with Crippen molar-refractivity contribution in [2.24, 2.45) is 0 Å². The zero-order valence-corrected chi connectivity index (χ0v) is 15.2. The average Bonchev–Trinajstić information content (AvgIpc) is 3.00. The summed E-state index contributed by atoms with van der Waals surface area (Å²) in [7, 11) is 0. The van der Waals surface area contributed by atoms with Crippen LogP contribution in [0.5, 0.6) is 0 Å². The van der Waals surface area contributed by atoms with Crippen LogP contribution in [0.3, 0.4) is 0 Å². The molecule has 7 nitrogen and oxygen atoms in total. The Labute approximate surface area is 148 Å². The third kappa shape index (κ3) is 3.62. The van der Waals surface area contributed by atoms with Crippen LogP contribution < -0.4 is 4.90 Å². The summed E-state index contributed by atoms with van der Waals surface area (Å²) < 4.78 is 11.1. The molecule has 2 aliphatic rings. The van der Waals surface area contributed by atoms with Crippen LogP contribution in [0.25, 0.3) is 11.2 Å². The Bertz CT molecular complexity index is 726. The van der Waals surface area contributed by atoms with Gasteiger partial charge in [0.15, 0.2) is 17.2 Å². The van der Waals surface area contributed by atoms with E-state index in [2.05, 4.69) is 19.8 Å². The Balaban J connectivity index is 1.56. The lowest BCUT2D eigenvalue weighted by atomic mass is 9.99. The zero-order valence-electron chi connectivity index (χ0n) is 15.2. The highest BCUT2D eigenvalue weighted by molar-refractivity contribution is 5.82. The van der Waals surface area contributed by atoms with Gasteiger partial charge in [0.05, 0.1) is 13.2 Å². The van der Waals surface area contributed by atoms with E-state index in [1.165, 1.54) is 19.3 Å². The number of hydrogen-bond acceptors (Lipinski definition) is 7. The van der Waals surface area contributed by atoms with Gasteiger partial charge in [0, 0.05) is 39.1 Å². The summed E-state index contributed by atoms with van der Waals surface area (Å²) in [5.74, 6) is 2.35. The molecule has 7 heteroatoms. The molecule has 1 atom stereocenters. The molecule has 0 aliphatic carbocycles. The molecule has 0 N–H and O–H groups in total. The molecule has 0 amide bonds. The minimum absolute atomic E-state index is 0.506. The summed E-state index contributed by atoms with van der Waals surface area (Å²) in [6.07, 6.45) is 4.86. The van der Waals surface area contributed by atoms with Gasteiger partial charge in [0.25, 0.3) is 5.71 Å². The van der Waals surface area contributed by atoms with E-state index in [4.69, 9.17) is 14.1 Å². The lowest BCUT2D eigenvalue weighted by Gasteiger charge is -2.38. The maximum Gasteiger partial charge on any atom is 0.252 e. The van der Waals surface area contributed by atoms with E-state index in [0.717, 1.165) is 63.0 Å². The van der Waals surface area contributed by atoms with Gasteiger partial charge < -0.3 is 14.1 Å². The number of nitrogens with zero attached hydrogens (tertiary/aromatic N) is 5. The number of morpholine rings is 1. The van der Waals surface area contributed by atoms with Gasteiger partial charge in [0.1, 0.15) is 5.82 Å². The zero-order chi connectivity index (χ0) is 17.2. The van der Waals surface area contributed by atoms with E-state index in [-0.39, 0.29) is 0 Å². The summed E-state index contributed by atoms with van der Waals surface area (Å²) in [5, 5.41) is 0. The molecule has 0 aromatic carbocycles. The molecule has 2 aliphatic heterocycles. The van der Waals surface area contributed by atoms with Gasteiger partial charge in [-0.3, -0.25) is 4.90 Å². The van der Waals surface area contributed by atoms with E-state index in [1.807, 2.05) is 13.8 Å². The highest BCUT2D eigenvalue weighted by Crippen LogP contribution is 2.30. The van der Waals surface area contributed by atoms with E-state index in [1.54, 1.807) is 0 Å². The predicted molar refractivity (Wildman–Crippen MR) is 95.9 cm³/mol. The number of rotatable bonds is 4. The van der Waals surface area contributed by atoms with Crippen molar-refractivity contribution in [2.45, 2.75) is 45.6 Å². The summed E-state index contributed by atoms with van der Waals surface area (Å²) in [5.41, 5.74) is 1.42. The van der Waals surface area contributed by atoms with Crippen molar-refractivity contribution in [3.63, 3.8) is 0 Å². The number of ether oxygens (including phenoxy) is 1. The molecule has 2 saturated heterocycles. The lowest BCUT2D eigenvalue weighted by Crippen LogP contribution is -2.44. The highest BCUT2D eigenvalue weighted by Gasteiger charge is 2.27. The van der Waals surface area contributed by atoms with E-state index >= 15 is 0 Å². The molecule has 0 radical (unpaired) electrons. The van der Waals surface area contributed by atoms with Crippen LogP contribution >= 0.6 is 0 Å². The lowest BCUT2D eigenvalue weighted by molar-refractivity contribution is 0.0362. The average molecular weight is 345 g/mol. The van der Waals surface area contributed by atoms with Crippen molar-refractivity contribution in [1.82, 2.24) is 19.9 Å². The molecule has 136 valence electrons. The van der Waals surface area contributed by atoms with E-state index < -0.39 is 0 Å². The largest absolute Gasteiger partial charge is 0.422 e. The fourth-order valence-corrected chi connectivity index (χ4v) is 3.95. The first kappa shape index (κ1) is 16.7. The summed E-state index contributed by atoms with van der Waals surface area (Å²) in [6, 6.07) is 0.506. The van der Waals surface area contributed by atoms with E-state index in [9.17, 15) is 0 Å². The van der Waals surface area contributed by atoms with Crippen molar-refractivity contribution >= 4 is 17.0 Å². The number of anilines is 1. The highest BCUT2D eigenvalue weighted by atomic mass is 16.5. The van der Waals surface area contributed by atoms with Crippen LogP contribution in [0, 0.1) is 13.8 Å². The molecule has 2 aromatic heterocycles. The van der Waals surface area contributed by atoms with Gasteiger partial charge in [-0.05, 0) is 32.6 Å². The normalized spacial score (nSPS) is 22.6. The minimum atomic E-state index is 0.506. The Morgan fingerprint density at radius 1 is 1.04 bits per heavy atom. The third-order valence-electron chi connectivity index (χ3n) is 5.24. The smallest absolute Gasteiger partial charge is 0.252 e. The van der Waals surface area contributed by atoms with Crippen molar-refractivity contribution in [1.29, 1.82) is 0 Å². The molecule has 0 bridgehead atoms. The molecule has 0 spiro atoms. The number of aromatic nitrogens is 3. The van der Waals surface area contributed by atoms with Gasteiger partial charge in [-0.15, -0.1) is 0 Å². The van der Waals surface area contributed by atoms with Crippen LogP contribution in [0.4, 0.5) is 5.82 Å². The van der Waals surface area contributed by atoms with Crippen LogP contribution in [-0.4, -0.2) is 65.3 Å². The third-order valence-corrected chi connectivity index (χ3v) is 5.24. The fraction of sp³-hybridized carbons (Fsp3) is 0.722. The second-order valence-electron chi connectivity index (χ2n) is 7.07. The summed E-state index contributed by atoms with van der Waals surface area (Å²) in [6.45, 7) is 9.76. The van der Waals surface area contributed by atoms with Crippen LogP contribution in [0.15, 0.2) is 4.42 Å². The first-order valence-electron chi connectivity index (χ1n) is 9.39. The predicted octanol–water partition coefficient (Wildman–Crippen LogP) is 2.32. The van der Waals surface area contributed by atoms with Crippen LogP contribution in [0.2, 0.25) is 0 Å². The Kier molecular flexibility index (Phi) is 4.85. The number of hydrogen-bond donors (Lipinski definition) is 0. The Hall–Kier alpha value is -1.73. The maximum atomic E-state index is 5.66. The number of aryl methyl sites for hydroxylation is 2. The number of piperidine rings is 1. The molecular formula is C18H27N5O2. The molecule has 4 rings (SSSR count). The SMILES string of the molecule is Cc1nc(N2CCCCC2CCN2CCOCC2)c2nc(C)oc2n1. The number of fused-ring (bicyclic) bond motifs is 1. The van der Waals surface area contributed by atoms with Crippen LogP contribution in [-0.2, 0) is 4.74 Å². The quantitative estimate of drug-likeness (QED) is 0.842. The van der Waals surface area contributed by atoms with Gasteiger partial charge in [-0.1, -0.05) is 0 Å².